The predicted octanol–water partition coefficient (Wildman–Crippen LogP) is 4.26. The number of hydrogen-bond donors (Lipinski definition) is 4. The third-order valence-electron chi connectivity index (χ3n) is 6.26. The molecule has 0 unspecified atom stereocenters. The molecule has 0 spiro atoms. The SMILES string of the molecule is CC(=O)N(Cc1ccc(C)nc1N)/C(C)=C(/CCO)SS/C(CCO)=C(\C)N(Cc1ccc(C)nc1N)C(C)=O. The van der Waals surface area contributed by atoms with E-state index in [2.05, 4.69) is 9.97 Å². The first-order chi connectivity index (χ1) is 18.9. The molecule has 10 nitrogen and oxygen atoms in total. The first-order valence-corrected chi connectivity index (χ1v) is 15.0. The minimum atomic E-state index is -0.173. The van der Waals surface area contributed by atoms with Gasteiger partial charge >= 0.3 is 0 Å². The first-order valence-electron chi connectivity index (χ1n) is 12.8. The normalized spacial score (nSPS) is 12.5. The number of nitrogens with zero attached hydrogens (tertiary/aromatic N) is 4. The average molecular weight is 589 g/mol. The van der Waals surface area contributed by atoms with Crippen molar-refractivity contribution >= 4 is 45.0 Å². The van der Waals surface area contributed by atoms with E-state index >= 15 is 0 Å². The molecule has 0 aliphatic heterocycles. The smallest absolute Gasteiger partial charge is 0.223 e. The number of rotatable bonds is 13. The van der Waals surface area contributed by atoms with Gasteiger partial charge in [-0.05, 0) is 39.8 Å². The second-order valence-electron chi connectivity index (χ2n) is 9.34. The third-order valence-corrected chi connectivity index (χ3v) is 9.20. The molecule has 218 valence electrons. The Morgan fingerprint density at radius 1 is 0.725 bits per heavy atom. The maximum absolute atomic E-state index is 12.7. The number of aliphatic hydroxyl groups is 2. The molecule has 0 aromatic carbocycles. The van der Waals surface area contributed by atoms with Crippen LogP contribution in [0, 0.1) is 13.8 Å². The van der Waals surface area contributed by atoms with E-state index in [-0.39, 0.29) is 38.1 Å². The van der Waals surface area contributed by atoms with E-state index in [0.29, 0.717) is 35.9 Å². The highest BCUT2D eigenvalue weighted by Gasteiger charge is 2.21. The number of amides is 2. The zero-order valence-electron chi connectivity index (χ0n) is 24.0. The number of aryl methyl sites for hydroxylation is 2. The van der Waals surface area contributed by atoms with Gasteiger partial charge in [-0.1, -0.05) is 33.7 Å². The minimum Gasteiger partial charge on any atom is -0.396 e. The number of allylic oxidation sites excluding steroid dienone is 2. The average Bonchev–Trinajstić information content (AvgIpc) is 2.88. The predicted molar refractivity (Wildman–Crippen MR) is 163 cm³/mol. The number of carbonyl (C=O) groups excluding carboxylic acids is 2. The summed E-state index contributed by atoms with van der Waals surface area (Å²) in [5.41, 5.74) is 16.6. The number of hydrogen-bond acceptors (Lipinski definition) is 10. The summed E-state index contributed by atoms with van der Waals surface area (Å²) in [6, 6.07) is 7.40. The standard InChI is InChI=1S/C28H40N6O4S2/c1-17-7-9-23(27(29)31-17)15-33(21(5)37)19(3)25(11-13-35)39-40-26(12-14-36)20(4)34(22(6)38)16-24-10-8-18(2)32-28(24)30/h7-10,35-36H,11-16H2,1-6H3,(H2,29,31)(H2,30,32)/b25-19-,26-20+. The summed E-state index contributed by atoms with van der Waals surface area (Å²) in [4.78, 5) is 38.7. The van der Waals surface area contributed by atoms with E-state index in [9.17, 15) is 19.8 Å². The van der Waals surface area contributed by atoms with Crippen LogP contribution in [0.3, 0.4) is 0 Å². The molecule has 0 saturated carbocycles. The van der Waals surface area contributed by atoms with Crippen LogP contribution in [0.25, 0.3) is 0 Å². The van der Waals surface area contributed by atoms with E-state index < -0.39 is 0 Å². The van der Waals surface area contributed by atoms with Crippen LogP contribution in [0.4, 0.5) is 11.6 Å². The van der Waals surface area contributed by atoms with Gasteiger partial charge in [0.2, 0.25) is 11.8 Å². The number of pyridine rings is 2. The Hall–Kier alpha value is -3.06. The number of nitrogens with two attached hydrogens (primary N) is 2. The van der Waals surface area contributed by atoms with Crippen LogP contribution in [0.15, 0.2) is 45.5 Å². The molecule has 0 aliphatic rings. The molecule has 2 amide bonds. The van der Waals surface area contributed by atoms with Crippen LogP contribution < -0.4 is 11.5 Å². The summed E-state index contributed by atoms with van der Waals surface area (Å²) >= 11 is 0. The van der Waals surface area contributed by atoms with E-state index in [1.807, 2.05) is 52.0 Å². The number of aliphatic hydroxyl groups excluding tert-OH is 2. The lowest BCUT2D eigenvalue weighted by Gasteiger charge is -2.27. The van der Waals surface area contributed by atoms with Gasteiger partial charge in [0.15, 0.2) is 0 Å². The Labute approximate surface area is 244 Å². The highest BCUT2D eigenvalue weighted by Crippen LogP contribution is 2.43. The summed E-state index contributed by atoms with van der Waals surface area (Å²) in [6.45, 7) is 10.6. The number of anilines is 2. The van der Waals surface area contributed by atoms with Gasteiger partial charge in [0.25, 0.3) is 0 Å². The zero-order valence-corrected chi connectivity index (χ0v) is 25.7. The Bertz CT molecular complexity index is 1180. The lowest BCUT2D eigenvalue weighted by Crippen LogP contribution is -2.28. The lowest BCUT2D eigenvalue weighted by atomic mass is 10.2. The number of carbonyl (C=O) groups is 2. The van der Waals surface area contributed by atoms with Crippen molar-refractivity contribution in [1.82, 2.24) is 19.8 Å². The molecular weight excluding hydrogens is 548 g/mol. The molecule has 6 N–H and O–H groups in total. The van der Waals surface area contributed by atoms with Crippen LogP contribution >= 0.6 is 21.6 Å². The fraction of sp³-hybridized carbons (Fsp3) is 0.429. The van der Waals surface area contributed by atoms with Crippen LogP contribution in [-0.2, 0) is 22.7 Å². The van der Waals surface area contributed by atoms with Crippen molar-refractivity contribution in [2.24, 2.45) is 0 Å². The quantitative estimate of drug-likeness (QED) is 0.249. The molecule has 0 aliphatic carbocycles. The van der Waals surface area contributed by atoms with Gasteiger partial charge in [-0.2, -0.15) is 0 Å². The highest BCUT2D eigenvalue weighted by molar-refractivity contribution is 8.79. The molecule has 2 heterocycles. The van der Waals surface area contributed by atoms with Gasteiger partial charge < -0.3 is 31.5 Å². The van der Waals surface area contributed by atoms with Gasteiger partial charge in [-0.25, -0.2) is 9.97 Å². The molecule has 0 bridgehead atoms. The Kier molecular flexibility index (Phi) is 13.0. The maximum atomic E-state index is 12.7. The van der Waals surface area contributed by atoms with Gasteiger partial charge in [0.1, 0.15) is 11.6 Å². The third kappa shape index (κ3) is 9.26. The van der Waals surface area contributed by atoms with E-state index in [1.54, 1.807) is 9.80 Å². The molecule has 0 fully saturated rings. The maximum Gasteiger partial charge on any atom is 0.223 e. The molecule has 2 aromatic rings. The summed E-state index contributed by atoms with van der Waals surface area (Å²) in [7, 11) is 2.77. The zero-order chi connectivity index (χ0) is 30.0. The lowest BCUT2D eigenvalue weighted by molar-refractivity contribution is -0.128. The summed E-state index contributed by atoms with van der Waals surface area (Å²) in [5.74, 6) is 0.380. The van der Waals surface area contributed by atoms with Gasteiger partial charge in [-0.15, -0.1) is 0 Å². The van der Waals surface area contributed by atoms with Crippen LogP contribution in [0.2, 0.25) is 0 Å². The van der Waals surface area contributed by atoms with Crippen molar-refractivity contribution in [2.75, 3.05) is 24.7 Å². The number of nitrogen functional groups attached to an aromatic ring is 2. The molecule has 2 rings (SSSR count). The van der Waals surface area contributed by atoms with Crippen molar-refractivity contribution in [3.05, 3.63) is 68.0 Å². The largest absolute Gasteiger partial charge is 0.396 e. The number of aromatic nitrogens is 2. The van der Waals surface area contributed by atoms with Gasteiger partial charge in [-0.3, -0.25) is 9.59 Å². The van der Waals surface area contributed by atoms with E-state index in [1.165, 1.54) is 35.4 Å². The first kappa shape index (κ1) is 33.1. The molecule has 0 radical (unpaired) electrons. The molecule has 2 aromatic heterocycles. The molecule has 12 heteroatoms. The van der Waals surface area contributed by atoms with Crippen molar-refractivity contribution in [3.63, 3.8) is 0 Å². The Balaban J connectivity index is 2.40. The highest BCUT2D eigenvalue weighted by atomic mass is 33.1. The van der Waals surface area contributed by atoms with E-state index in [0.717, 1.165) is 32.3 Å². The van der Waals surface area contributed by atoms with E-state index in [4.69, 9.17) is 11.5 Å². The fourth-order valence-electron chi connectivity index (χ4n) is 3.92. The fourth-order valence-corrected chi connectivity index (χ4v) is 6.76. The van der Waals surface area contributed by atoms with Crippen LogP contribution in [0.5, 0.6) is 0 Å². The van der Waals surface area contributed by atoms with Crippen molar-refractivity contribution < 1.29 is 19.8 Å². The Morgan fingerprint density at radius 3 is 1.35 bits per heavy atom. The van der Waals surface area contributed by atoms with Gasteiger partial charge in [0, 0.05) is 83.6 Å². The Morgan fingerprint density at radius 2 is 1.07 bits per heavy atom. The van der Waals surface area contributed by atoms with Crippen LogP contribution in [0.1, 0.15) is 63.1 Å². The molecule has 40 heavy (non-hydrogen) atoms. The summed E-state index contributed by atoms with van der Waals surface area (Å²) in [5, 5.41) is 19.6. The monoisotopic (exact) mass is 588 g/mol. The second kappa shape index (κ2) is 15.7. The topological polar surface area (TPSA) is 159 Å². The van der Waals surface area contributed by atoms with Crippen molar-refractivity contribution in [3.8, 4) is 0 Å². The van der Waals surface area contributed by atoms with Crippen LogP contribution in [-0.4, -0.2) is 55.0 Å². The summed E-state index contributed by atoms with van der Waals surface area (Å²) < 4.78 is 0. The van der Waals surface area contributed by atoms with Crippen molar-refractivity contribution in [2.45, 2.75) is 67.5 Å². The second-order valence-corrected chi connectivity index (χ2v) is 11.7. The molecule has 0 atom stereocenters. The minimum absolute atomic E-state index is 0.114. The summed E-state index contributed by atoms with van der Waals surface area (Å²) in [6.07, 6.45) is 0.644. The molecular formula is C28H40N6O4S2. The van der Waals surface area contributed by atoms with Gasteiger partial charge in [0.05, 0.1) is 13.1 Å². The van der Waals surface area contributed by atoms with Crippen molar-refractivity contribution in [1.29, 1.82) is 0 Å². The molecule has 0 saturated heterocycles.